The van der Waals surface area contributed by atoms with Gasteiger partial charge in [0.2, 0.25) is 5.91 Å². The highest BCUT2D eigenvalue weighted by atomic mass is 35.5. The molecule has 3 aromatic rings. The lowest BCUT2D eigenvalue weighted by atomic mass is 10.2. The normalized spacial score (nSPS) is 10.8. The van der Waals surface area contributed by atoms with E-state index in [2.05, 4.69) is 21.6 Å². The standard InChI is InChI=1S/C21H24ClN5OS/c1-5-27-20(15-8-6-9-16(12-15)26(3)4)24-25-21(27)29-13-19(28)23-18-11-7-10-17(22)14(18)2/h6-12H,5,13H2,1-4H3,(H,23,28). The van der Waals surface area contributed by atoms with E-state index < -0.39 is 0 Å². The van der Waals surface area contributed by atoms with E-state index in [-0.39, 0.29) is 11.7 Å². The number of anilines is 2. The summed E-state index contributed by atoms with van der Waals surface area (Å²) in [7, 11) is 4.01. The quantitative estimate of drug-likeness (QED) is 0.550. The van der Waals surface area contributed by atoms with Crippen LogP contribution in [0.5, 0.6) is 0 Å². The van der Waals surface area contributed by atoms with Crippen LogP contribution in [0.15, 0.2) is 47.6 Å². The summed E-state index contributed by atoms with van der Waals surface area (Å²) in [5, 5.41) is 12.9. The summed E-state index contributed by atoms with van der Waals surface area (Å²) in [5.74, 6) is 0.925. The molecule has 1 amide bonds. The maximum absolute atomic E-state index is 12.4. The van der Waals surface area contributed by atoms with Crippen molar-refractivity contribution in [2.45, 2.75) is 25.5 Å². The monoisotopic (exact) mass is 429 g/mol. The number of hydrogen-bond donors (Lipinski definition) is 1. The Bertz CT molecular complexity index is 1020. The molecule has 0 aliphatic carbocycles. The molecule has 1 heterocycles. The van der Waals surface area contributed by atoms with Gasteiger partial charge in [0.25, 0.3) is 0 Å². The van der Waals surface area contributed by atoms with Crippen LogP contribution in [0.3, 0.4) is 0 Å². The summed E-state index contributed by atoms with van der Waals surface area (Å²) >= 11 is 7.49. The van der Waals surface area contributed by atoms with E-state index in [1.807, 2.05) is 67.7 Å². The molecule has 0 fully saturated rings. The van der Waals surface area contributed by atoms with Crippen molar-refractivity contribution < 1.29 is 4.79 Å². The van der Waals surface area contributed by atoms with Gasteiger partial charge in [0.1, 0.15) is 0 Å². The van der Waals surface area contributed by atoms with E-state index in [9.17, 15) is 4.79 Å². The van der Waals surface area contributed by atoms with Gasteiger partial charge in [-0.2, -0.15) is 0 Å². The van der Waals surface area contributed by atoms with Crippen LogP contribution in [-0.2, 0) is 11.3 Å². The van der Waals surface area contributed by atoms with Crippen molar-refractivity contribution in [3.63, 3.8) is 0 Å². The number of carbonyl (C=O) groups is 1. The Kier molecular flexibility index (Phi) is 6.82. The van der Waals surface area contributed by atoms with E-state index in [4.69, 9.17) is 11.6 Å². The van der Waals surface area contributed by atoms with Gasteiger partial charge in [-0.05, 0) is 43.7 Å². The Labute approximate surface area is 180 Å². The third-order valence-corrected chi connectivity index (χ3v) is 5.90. The van der Waals surface area contributed by atoms with E-state index in [1.54, 1.807) is 6.07 Å². The van der Waals surface area contributed by atoms with Crippen LogP contribution < -0.4 is 10.2 Å². The SMILES string of the molecule is CCn1c(SCC(=O)Nc2cccc(Cl)c2C)nnc1-c1cccc(N(C)C)c1. The van der Waals surface area contributed by atoms with Gasteiger partial charge in [-0.15, -0.1) is 10.2 Å². The molecule has 6 nitrogen and oxygen atoms in total. The van der Waals surface area contributed by atoms with Gasteiger partial charge in [-0.1, -0.05) is 41.6 Å². The Morgan fingerprint density at radius 2 is 1.97 bits per heavy atom. The minimum atomic E-state index is -0.109. The summed E-state index contributed by atoms with van der Waals surface area (Å²) < 4.78 is 2.03. The fourth-order valence-corrected chi connectivity index (χ4v) is 3.85. The molecule has 0 saturated heterocycles. The molecule has 0 aliphatic heterocycles. The first kappa shape index (κ1) is 21.2. The minimum absolute atomic E-state index is 0.109. The predicted molar refractivity (Wildman–Crippen MR) is 121 cm³/mol. The second kappa shape index (κ2) is 9.33. The number of rotatable bonds is 7. The van der Waals surface area contributed by atoms with Crippen LogP contribution in [0.4, 0.5) is 11.4 Å². The summed E-state index contributed by atoms with van der Waals surface area (Å²) in [6.45, 7) is 4.64. The molecule has 0 atom stereocenters. The fraction of sp³-hybridized carbons (Fsp3) is 0.286. The highest BCUT2D eigenvalue weighted by Crippen LogP contribution is 2.27. The molecule has 0 bridgehead atoms. The Morgan fingerprint density at radius 3 is 2.69 bits per heavy atom. The highest BCUT2D eigenvalue weighted by Gasteiger charge is 2.15. The van der Waals surface area contributed by atoms with Crippen molar-refractivity contribution in [1.29, 1.82) is 0 Å². The summed E-state index contributed by atoms with van der Waals surface area (Å²) in [5.41, 5.74) is 3.67. The molecule has 0 spiro atoms. The van der Waals surface area contributed by atoms with Gasteiger partial charge in [0.05, 0.1) is 5.75 Å². The number of benzene rings is 2. The topological polar surface area (TPSA) is 63.1 Å². The second-order valence-corrected chi connectivity index (χ2v) is 8.09. The third-order valence-electron chi connectivity index (χ3n) is 4.53. The number of nitrogens with one attached hydrogen (secondary N) is 1. The summed E-state index contributed by atoms with van der Waals surface area (Å²) in [6.07, 6.45) is 0. The number of hydrogen-bond acceptors (Lipinski definition) is 5. The molecule has 0 unspecified atom stereocenters. The Balaban J connectivity index is 1.73. The minimum Gasteiger partial charge on any atom is -0.378 e. The zero-order chi connectivity index (χ0) is 21.0. The molecule has 0 aliphatic rings. The van der Waals surface area contributed by atoms with E-state index >= 15 is 0 Å². The molecule has 2 aromatic carbocycles. The van der Waals surface area contributed by atoms with E-state index in [0.717, 1.165) is 33.5 Å². The lowest BCUT2D eigenvalue weighted by Gasteiger charge is -2.14. The van der Waals surface area contributed by atoms with Crippen molar-refractivity contribution in [1.82, 2.24) is 14.8 Å². The number of nitrogens with zero attached hydrogens (tertiary/aromatic N) is 4. The molecule has 0 saturated carbocycles. The van der Waals surface area contributed by atoms with Crippen molar-refractivity contribution in [3.05, 3.63) is 53.1 Å². The summed E-state index contributed by atoms with van der Waals surface area (Å²) in [4.78, 5) is 14.5. The average molecular weight is 430 g/mol. The molecule has 29 heavy (non-hydrogen) atoms. The van der Waals surface area contributed by atoms with Gasteiger partial charge < -0.3 is 14.8 Å². The predicted octanol–water partition coefficient (Wildman–Crippen LogP) is 4.72. The molecule has 1 aromatic heterocycles. The van der Waals surface area contributed by atoms with Crippen LogP contribution in [0.25, 0.3) is 11.4 Å². The van der Waals surface area contributed by atoms with E-state index in [0.29, 0.717) is 11.6 Å². The number of amides is 1. The van der Waals surface area contributed by atoms with Crippen molar-refractivity contribution in [2.75, 3.05) is 30.1 Å². The van der Waals surface area contributed by atoms with Crippen LogP contribution in [0.1, 0.15) is 12.5 Å². The smallest absolute Gasteiger partial charge is 0.234 e. The first-order valence-electron chi connectivity index (χ1n) is 9.29. The average Bonchev–Trinajstić information content (AvgIpc) is 3.13. The van der Waals surface area contributed by atoms with Crippen LogP contribution in [0.2, 0.25) is 5.02 Å². The maximum Gasteiger partial charge on any atom is 0.234 e. The van der Waals surface area contributed by atoms with Gasteiger partial charge in [-0.25, -0.2) is 0 Å². The summed E-state index contributed by atoms with van der Waals surface area (Å²) in [6, 6.07) is 13.6. The largest absolute Gasteiger partial charge is 0.378 e. The zero-order valence-corrected chi connectivity index (χ0v) is 18.5. The molecule has 0 radical (unpaired) electrons. The van der Waals surface area contributed by atoms with Crippen LogP contribution >= 0.6 is 23.4 Å². The number of aromatic nitrogens is 3. The lowest BCUT2D eigenvalue weighted by Crippen LogP contribution is -2.15. The van der Waals surface area contributed by atoms with E-state index in [1.165, 1.54) is 11.8 Å². The maximum atomic E-state index is 12.4. The van der Waals surface area contributed by atoms with Crippen LogP contribution in [0, 0.1) is 6.92 Å². The van der Waals surface area contributed by atoms with Crippen molar-refractivity contribution >= 4 is 40.6 Å². The lowest BCUT2D eigenvalue weighted by molar-refractivity contribution is -0.113. The van der Waals surface area contributed by atoms with Gasteiger partial charge in [0.15, 0.2) is 11.0 Å². The van der Waals surface area contributed by atoms with Crippen molar-refractivity contribution in [2.24, 2.45) is 0 Å². The molecular formula is C21H24ClN5OS. The third kappa shape index (κ3) is 4.92. The molecule has 1 N–H and O–H groups in total. The zero-order valence-electron chi connectivity index (χ0n) is 16.9. The Hall–Kier alpha value is -2.51. The van der Waals surface area contributed by atoms with Crippen LogP contribution in [-0.4, -0.2) is 40.5 Å². The first-order chi connectivity index (χ1) is 13.9. The number of carbonyl (C=O) groups excluding carboxylic acids is 1. The van der Waals surface area contributed by atoms with Gasteiger partial charge in [-0.3, -0.25) is 4.79 Å². The molecule has 8 heteroatoms. The Morgan fingerprint density at radius 1 is 1.21 bits per heavy atom. The molecule has 152 valence electrons. The van der Waals surface area contributed by atoms with Crippen molar-refractivity contribution in [3.8, 4) is 11.4 Å². The molecule has 3 rings (SSSR count). The number of thioether (sulfide) groups is 1. The van der Waals surface area contributed by atoms with Gasteiger partial charge >= 0.3 is 0 Å². The first-order valence-corrected chi connectivity index (χ1v) is 10.7. The highest BCUT2D eigenvalue weighted by molar-refractivity contribution is 7.99. The molecular weight excluding hydrogens is 406 g/mol. The second-order valence-electron chi connectivity index (χ2n) is 6.74. The van der Waals surface area contributed by atoms with Gasteiger partial charge in [0, 0.05) is 42.6 Å². The number of halogens is 1. The fourth-order valence-electron chi connectivity index (χ4n) is 2.88.